The molecule has 0 fully saturated rings. The van der Waals surface area contributed by atoms with E-state index in [4.69, 9.17) is 10.3 Å². The van der Waals surface area contributed by atoms with E-state index in [1.54, 1.807) is 19.1 Å². The molecule has 0 aromatic heterocycles. The molecule has 0 saturated carbocycles. The zero-order chi connectivity index (χ0) is 11.5. The van der Waals surface area contributed by atoms with E-state index in [9.17, 15) is 8.42 Å². The van der Waals surface area contributed by atoms with Crippen LogP contribution in [-0.2, 0) is 10.0 Å². The van der Waals surface area contributed by atoms with Crippen molar-refractivity contribution in [2.75, 3.05) is 0 Å². The van der Waals surface area contributed by atoms with Gasteiger partial charge in [0.2, 0.25) is 10.0 Å². The fraction of sp³-hybridized carbons (Fsp3) is 0.222. The summed E-state index contributed by atoms with van der Waals surface area (Å²) in [5.41, 5.74) is 0.965. The summed E-state index contributed by atoms with van der Waals surface area (Å²) in [5, 5.41) is 16.7. The van der Waals surface area contributed by atoms with Crippen molar-refractivity contribution in [2.24, 2.45) is 10.3 Å². The van der Waals surface area contributed by atoms with E-state index >= 15 is 0 Å². The van der Waals surface area contributed by atoms with Gasteiger partial charge >= 0.3 is 0 Å². The highest BCUT2D eigenvalue weighted by molar-refractivity contribution is 7.89. The summed E-state index contributed by atoms with van der Waals surface area (Å²) >= 11 is 0. The molecule has 3 N–H and O–H groups in total. The molecule has 0 atom stereocenters. The smallest absolute Gasteiger partial charge is 0.238 e. The van der Waals surface area contributed by atoms with Crippen molar-refractivity contribution in [1.82, 2.24) is 0 Å². The molecular weight excluding hydrogens is 216 g/mol. The first kappa shape index (κ1) is 11.7. The average molecular weight is 228 g/mol. The zero-order valence-corrected chi connectivity index (χ0v) is 9.03. The Morgan fingerprint density at radius 3 is 2.67 bits per heavy atom. The number of benzene rings is 1. The first-order chi connectivity index (χ1) is 6.99. The van der Waals surface area contributed by atoms with E-state index < -0.39 is 10.0 Å². The van der Waals surface area contributed by atoms with Crippen LogP contribution in [0.4, 0.5) is 0 Å². The average Bonchev–Trinajstić information content (AvgIpc) is 2.19. The summed E-state index contributed by atoms with van der Waals surface area (Å²) < 4.78 is 22.1. The molecule has 1 aromatic rings. The highest BCUT2D eigenvalue weighted by atomic mass is 32.2. The molecule has 0 bridgehead atoms. The summed E-state index contributed by atoms with van der Waals surface area (Å²) in [6.45, 7) is 1.80. The molecule has 0 aliphatic heterocycles. The minimum atomic E-state index is -3.71. The Morgan fingerprint density at radius 1 is 1.53 bits per heavy atom. The highest BCUT2D eigenvalue weighted by Crippen LogP contribution is 2.11. The molecule has 1 rings (SSSR count). The normalized spacial score (nSPS) is 12.8. The third-order valence-corrected chi connectivity index (χ3v) is 2.86. The van der Waals surface area contributed by atoms with Crippen molar-refractivity contribution in [3.05, 3.63) is 29.8 Å². The highest BCUT2D eigenvalue weighted by Gasteiger charge is 2.09. The number of hydrogen-bond donors (Lipinski definition) is 2. The second-order valence-electron chi connectivity index (χ2n) is 2.97. The van der Waals surface area contributed by atoms with Crippen LogP contribution in [0.3, 0.4) is 0 Å². The third-order valence-electron chi connectivity index (χ3n) is 1.95. The Morgan fingerprint density at radius 2 is 2.20 bits per heavy atom. The van der Waals surface area contributed by atoms with Gasteiger partial charge in [-0.3, -0.25) is 0 Å². The second-order valence-corrected chi connectivity index (χ2v) is 4.53. The van der Waals surface area contributed by atoms with E-state index in [1.807, 2.05) is 0 Å². The Bertz CT molecular complexity index is 480. The predicted molar refractivity (Wildman–Crippen MR) is 56.4 cm³/mol. The van der Waals surface area contributed by atoms with Crippen LogP contribution in [0.15, 0.2) is 34.3 Å². The maximum absolute atomic E-state index is 11.1. The minimum Gasteiger partial charge on any atom is -0.411 e. The second kappa shape index (κ2) is 4.41. The Labute approximate surface area is 88.3 Å². The number of sulfonamides is 1. The van der Waals surface area contributed by atoms with Gasteiger partial charge in [-0.2, -0.15) is 0 Å². The number of nitrogens with two attached hydrogens (primary N) is 1. The van der Waals surface area contributed by atoms with Crippen molar-refractivity contribution in [2.45, 2.75) is 18.2 Å². The Balaban J connectivity index is 3.25. The molecule has 0 aliphatic rings. The Kier molecular flexibility index (Phi) is 3.43. The molecule has 0 saturated heterocycles. The molecule has 15 heavy (non-hydrogen) atoms. The van der Waals surface area contributed by atoms with Crippen molar-refractivity contribution in [3.8, 4) is 0 Å². The number of primary sulfonamides is 1. The van der Waals surface area contributed by atoms with Crippen molar-refractivity contribution < 1.29 is 13.6 Å². The van der Waals surface area contributed by atoms with Crippen LogP contribution < -0.4 is 5.14 Å². The fourth-order valence-corrected chi connectivity index (χ4v) is 1.74. The van der Waals surface area contributed by atoms with E-state index in [1.165, 1.54) is 12.1 Å². The van der Waals surface area contributed by atoms with Gasteiger partial charge in [-0.05, 0) is 18.6 Å². The summed E-state index contributed by atoms with van der Waals surface area (Å²) in [4.78, 5) is 0.00889. The van der Waals surface area contributed by atoms with Crippen LogP contribution in [0.2, 0.25) is 0 Å². The van der Waals surface area contributed by atoms with Crippen LogP contribution in [0.1, 0.15) is 18.9 Å². The first-order valence-corrected chi connectivity index (χ1v) is 5.88. The fourth-order valence-electron chi connectivity index (χ4n) is 1.19. The lowest BCUT2D eigenvalue weighted by Crippen LogP contribution is -2.13. The van der Waals surface area contributed by atoms with E-state index in [2.05, 4.69) is 5.16 Å². The van der Waals surface area contributed by atoms with Gasteiger partial charge in [-0.1, -0.05) is 24.2 Å². The molecule has 5 nitrogen and oxygen atoms in total. The number of nitrogens with zero attached hydrogens (tertiary/aromatic N) is 1. The van der Waals surface area contributed by atoms with Gasteiger partial charge in [0.15, 0.2) is 0 Å². The van der Waals surface area contributed by atoms with Crippen LogP contribution in [0, 0.1) is 0 Å². The van der Waals surface area contributed by atoms with Gasteiger partial charge in [0.1, 0.15) is 0 Å². The number of hydrogen-bond acceptors (Lipinski definition) is 4. The monoisotopic (exact) mass is 228 g/mol. The first-order valence-electron chi connectivity index (χ1n) is 4.33. The molecule has 0 aliphatic carbocycles. The molecule has 0 radical (unpaired) electrons. The number of rotatable bonds is 3. The van der Waals surface area contributed by atoms with E-state index in [0.29, 0.717) is 17.7 Å². The lowest BCUT2D eigenvalue weighted by Gasteiger charge is -2.03. The molecule has 0 spiro atoms. The summed E-state index contributed by atoms with van der Waals surface area (Å²) in [6, 6.07) is 5.99. The van der Waals surface area contributed by atoms with Gasteiger partial charge in [0.05, 0.1) is 10.6 Å². The van der Waals surface area contributed by atoms with Gasteiger partial charge in [0, 0.05) is 5.56 Å². The quantitative estimate of drug-likeness (QED) is 0.457. The van der Waals surface area contributed by atoms with Crippen LogP contribution >= 0.6 is 0 Å². The zero-order valence-electron chi connectivity index (χ0n) is 8.21. The van der Waals surface area contributed by atoms with E-state index in [0.717, 1.165) is 0 Å². The lowest BCUT2D eigenvalue weighted by molar-refractivity contribution is 0.318. The standard InChI is InChI=1S/C9H12N2O3S/c1-2-9(11-12)7-4-3-5-8(6-7)15(10,13)14/h3-6,12H,2H2,1H3,(H2,10,13,14). The largest absolute Gasteiger partial charge is 0.411 e. The summed E-state index contributed by atoms with van der Waals surface area (Å²) in [7, 11) is -3.71. The third kappa shape index (κ3) is 2.77. The molecule has 0 amide bonds. The molecule has 1 aromatic carbocycles. The molecular formula is C9H12N2O3S. The number of oxime groups is 1. The molecule has 0 unspecified atom stereocenters. The topological polar surface area (TPSA) is 92.8 Å². The van der Waals surface area contributed by atoms with Crippen LogP contribution in [-0.4, -0.2) is 19.3 Å². The van der Waals surface area contributed by atoms with Crippen LogP contribution in [0.25, 0.3) is 0 Å². The van der Waals surface area contributed by atoms with Gasteiger partial charge < -0.3 is 5.21 Å². The maximum Gasteiger partial charge on any atom is 0.238 e. The lowest BCUT2D eigenvalue weighted by atomic mass is 10.1. The van der Waals surface area contributed by atoms with Crippen molar-refractivity contribution >= 4 is 15.7 Å². The van der Waals surface area contributed by atoms with Gasteiger partial charge in [0.25, 0.3) is 0 Å². The summed E-state index contributed by atoms with van der Waals surface area (Å²) in [6.07, 6.45) is 0.505. The predicted octanol–water partition coefficient (Wildman–Crippen LogP) is 0.922. The minimum absolute atomic E-state index is 0.00889. The molecule has 82 valence electrons. The molecule has 0 heterocycles. The van der Waals surface area contributed by atoms with Crippen molar-refractivity contribution in [1.29, 1.82) is 0 Å². The van der Waals surface area contributed by atoms with Gasteiger partial charge in [-0.25, -0.2) is 13.6 Å². The summed E-state index contributed by atoms with van der Waals surface area (Å²) in [5.74, 6) is 0. The van der Waals surface area contributed by atoms with Crippen LogP contribution in [0.5, 0.6) is 0 Å². The van der Waals surface area contributed by atoms with Crippen molar-refractivity contribution in [3.63, 3.8) is 0 Å². The van der Waals surface area contributed by atoms with E-state index in [-0.39, 0.29) is 4.90 Å². The van der Waals surface area contributed by atoms with Gasteiger partial charge in [-0.15, -0.1) is 0 Å². The maximum atomic E-state index is 11.1. The SMILES string of the molecule is CCC(=NO)c1cccc(S(N)(=O)=O)c1. The Hall–Kier alpha value is -1.40. The molecule has 6 heteroatoms.